The number of hydrogen-bond donors (Lipinski definition) is 2. The third-order valence-corrected chi connectivity index (χ3v) is 7.44. The van der Waals surface area contributed by atoms with Gasteiger partial charge in [-0.1, -0.05) is 0 Å². The second-order valence-corrected chi connectivity index (χ2v) is 10.4. The quantitative estimate of drug-likeness (QED) is 0.793. The van der Waals surface area contributed by atoms with Gasteiger partial charge >= 0.3 is 0 Å². The van der Waals surface area contributed by atoms with Gasteiger partial charge in [-0.05, 0) is 26.3 Å². The number of thiophene rings is 1. The van der Waals surface area contributed by atoms with E-state index in [9.17, 15) is 21.6 Å². The highest BCUT2D eigenvalue weighted by Gasteiger charge is 2.39. The highest BCUT2D eigenvalue weighted by Crippen LogP contribution is 2.27. The third kappa shape index (κ3) is 3.62. The van der Waals surface area contributed by atoms with E-state index in [1.54, 1.807) is 13.8 Å². The number of sulfonamides is 1. The monoisotopic (exact) mass is 352 g/mol. The first-order valence-electron chi connectivity index (χ1n) is 6.08. The molecule has 3 N–H and O–H groups in total. The Balaban J connectivity index is 2.23. The molecule has 1 fully saturated rings. The largest absolute Gasteiger partial charge is 0.345 e. The van der Waals surface area contributed by atoms with Crippen LogP contribution in [0.2, 0.25) is 0 Å². The lowest BCUT2D eigenvalue weighted by molar-refractivity contribution is 0.0919. The van der Waals surface area contributed by atoms with E-state index in [4.69, 9.17) is 5.14 Å². The number of carbonyl (C=O) groups excluding carboxylic acids is 1. The Kier molecular flexibility index (Phi) is 3.94. The topological polar surface area (TPSA) is 123 Å². The molecule has 2 heterocycles. The van der Waals surface area contributed by atoms with Gasteiger partial charge in [-0.15, -0.1) is 11.3 Å². The van der Waals surface area contributed by atoms with Crippen LogP contribution in [0.25, 0.3) is 0 Å². The van der Waals surface area contributed by atoms with Crippen molar-refractivity contribution in [1.82, 2.24) is 5.32 Å². The van der Waals surface area contributed by atoms with Crippen LogP contribution in [0, 0.1) is 6.92 Å². The zero-order valence-electron chi connectivity index (χ0n) is 11.5. The Morgan fingerprint density at radius 3 is 2.52 bits per heavy atom. The molecule has 1 amide bonds. The predicted octanol–water partition coefficient (Wildman–Crippen LogP) is 0.0109. The van der Waals surface area contributed by atoms with Crippen LogP contribution in [-0.4, -0.2) is 39.8 Å². The molecule has 1 aromatic rings. The van der Waals surface area contributed by atoms with E-state index >= 15 is 0 Å². The zero-order valence-corrected chi connectivity index (χ0v) is 14.0. The van der Waals surface area contributed by atoms with Gasteiger partial charge in [0.05, 0.1) is 26.8 Å². The van der Waals surface area contributed by atoms with Crippen LogP contribution in [0.5, 0.6) is 0 Å². The average Bonchev–Trinajstić information content (AvgIpc) is 2.79. The first-order valence-corrected chi connectivity index (χ1v) is 10.3. The minimum Gasteiger partial charge on any atom is -0.345 e. The molecule has 0 aliphatic carbocycles. The van der Waals surface area contributed by atoms with Gasteiger partial charge in [-0.25, -0.2) is 22.0 Å². The van der Waals surface area contributed by atoms with Gasteiger partial charge in [-0.2, -0.15) is 0 Å². The molecule has 1 atom stereocenters. The summed E-state index contributed by atoms with van der Waals surface area (Å²) in [6.45, 7) is 3.22. The SMILES string of the molecule is Cc1sc(C(=O)NC2(C)CCS(=O)(=O)C2)cc1S(N)(=O)=O. The number of nitrogens with one attached hydrogen (secondary N) is 1. The van der Waals surface area contributed by atoms with Crippen molar-refractivity contribution in [3.8, 4) is 0 Å². The van der Waals surface area contributed by atoms with Crippen LogP contribution in [0.1, 0.15) is 27.9 Å². The number of aryl methyl sites for hydroxylation is 1. The number of sulfone groups is 1. The number of nitrogens with two attached hydrogens (primary N) is 1. The van der Waals surface area contributed by atoms with Gasteiger partial charge in [0.25, 0.3) is 5.91 Å². The van der Waals surface area contributed by atoms with E-state index in [0.717, 1.165) is 11.3 Å². The zero-order chi connectivity index (χ0) is 16.1. The van der Waals surface area contributed by atoms with E-state index in [0.29, 0.717) is 11.3 Å². The molecule has 1 aromatic heterocycles. The van der Waals surface area contributed by atoms with Gasteiger partial charge in [0.1, 0.15) is 0 Å². The van der Waals surface area contributed by atoms with Crippen molar-refractivity contribution in [2.24, 2.45) is 5.14 Å². The lowest BCUT2D eigenvalue weighted by Gasteiger charge is -2.23. The molecule has 1 aliphatic heterocycles. The summed E-state index contributed by atoms with van der Waals surface area (Å²) in [5, 5.41) is 7.74. The van der Waals surface area contributed by atoms with Crippen LogP contribution in [0.3, 0.4) is 0 Å². The lowest BCUT2D eigenvalue weighted by Crippen LogP contribution is -2.46. The Morgan fingerprint density at radius 1 is 1.48 bits per heavy atom. The molecule has 0 radical (unpaired) electrons. The Morgan fingerprint density at radius 2 is 2.10 bits per heavy atom. The maximum atomic E-state index is 12.2. The summed E-state index contributed by atoms with van der Waals surface area (Å²) in [6, 6.07) is 1.22. The summed E-state index contributed by atoms with van der Waals surface area (Å²) in [6.07, 6.45) is 0.341. The van der Waals surface area contributed by atoms with Crippen molar-refractivity contribution >= 4 is 37.1 Å². The molecule has 1 unspecified atom stereocenters. The first-order chi connectivity index (χ1) is 9.42. The molecule has 0 spiro atoms. The third-order valence-electron chi connectivity index (χ3n) is 3.32. The number of amides is 1. The van der Waals surface area contributed by atoms with Crippen molar-refractivity contribution in [3.63, 3.8) is 0 Å². The summed E-state index contributed by atoms with van der Waals surface area (Å²) in [5.74, 6) is -0.564. The van der Waals surface area contributed by atoms with Crippen molar-refractivity contribution < 1.29 is 21.6 Å². The van der Waals surface area contributed by atoms with Gasteiger partial charge in [0, 0.05) is 4.88 Å². The van der Waals surface area contributed by atoms with E-state index in [2.05, 4.69) is 5.32 Å². The van der Waals surface area contributed by atoms with E-state index in [-0.39, 0.29) is 21.3 Å². The maximum absolute atomic E-state index is 12.2. The highest BCUT2D eigenvalue weighted by molar-refractivity contribution is 7.91. The van der Waals surface area contributed by atoms with Crippen LogP contribution in [0.15, 0.2) is 11.0 Å². The first kappa shape index (κ1) is 16.4. The van der Waals surface area contributed by atoms with Crippen LogP contribution < -0.4 is 10.5 Å². The van der Waals surface area contributed by atoms with E-state index < -0.39 is 31.3 Å². The number of carbonyl (C=O) groups is 1. The molecule has 21 heavy (non-hydrogen) atoms. The molecule has 0 aromatic carbocycles. The highest BCUT2D eigenvalue weighted by atomic mass is 32.2. The van der Waals surface area contributed by atoms with Crippen molar-refractivity contribution in [2.75, 3.05) is 11.5 Å². The standard InChI is InChI=1S/C11H16N2O5S3/c1-7-9(21(12,17)18)5-8(19-7)10(14)13-11(2)3-4-20(15,16)6-11/h5H,3-4,6H2,1-2H3,(H,13,14)(H2,12,17,18). The molecule has 0 saturated carbocycles. The average molecular weight is 352 g/mol. The summed E-state index contributed by atoms with van der Waals surface area (Å²) >= 11 is 1.01. The fourth-order valence-electron chi connectivity index (χ4n) is 2.30. The summed E-state index contributed by atoms with van der Waals surface area (Å²) in [4.78, 5) is 12.7. The summed E-state index contributed by atoms with van der Waals surface area (Å²) in [7, 11) is -7.01. The lowest BCUT2D eigenvalue weighted by atomic mass is 10.0. The van der Waals surface area contributed by atoms with Gasteiger partial charge < -0.3 is 5.32 Å². The molecular weight excluding hydrogens is 336 g/mol. The van der Waals surface area contributed by atoms with Crippen LogP contribution >= 0.6 is 11.3 Å². The summed E-state index contributed by atoms with van der Waals surface area (Å²) in [5.41, 5.74) is -0.824. The molecule has 7 nitrogen and oxygen atoms in total. The maximum Gasteiger partial charge on any atom is 0.261 e. The van der Waals surface area contributed by atoms with Crippen molar-refractivity contribution in [2.45, 2.75) is 30.7 Å². The molecule has 2 rings (SSSR count). The van der Waals surface area contributed by atoms with E-state index in [1.807, 2.05) is 0 Å². The molecule has 118 valence electrons. The minimum atomic E-state index is -3.87. The second-order valence-electron chi connectivity index (χ2n) is 5.43. The normalized spacial score (nSPS) is 24.9. The Bertz CT molecular complexity index is 794. The fourth-order valence-corrected chi connectivity index (χ4v) is 6.44. The minimum absolute atomic E-state index is 0.0374. The van der Waals surface area contributed by atoms with Crippen molar-refractivity contribution in [3.05, 3.63) is 15.8 Å². The van der Waals surface area contributed by atoms with Gasteiger partial charge in [0.15, 0.2) is 9.84 Å². The number of primary sulfonamides is 1. The molecule has 1 saturated heterocycles. The number of hydrogen-bond acceptors (Lipinski definition) is 6. The predicted molar refractivity (Wildman–Crippen MR) is 79.6 cm³/mol. The fraction of sp³-hybridized carbons (Fsp3) is 0.545. The molecular formula is C11H16N2O5S3. The Hall–Kier alpha value is -0.970. The second kappa shape index (κ2) is 5.04. The smallest absolute Gasteiger partial charge is 0.261 e. The van der Waals surface area contributed by atoms with Gasteiger partial charge in [0.2, 0.25) is 10.0 Å². The van der Waals surface area contributed by atoms with E-state index in [1.165, 1.54) is 6.07 Å². The molecule has 1 aliphatic rings. The Labute approximate surface area is 127 Å². The number of rotatable bonds is 3. The van der Waals surface area contributed by atoms with Crippen LogP contribution in [0.4, 0.5) is 0 Å². The molecule has 10 heteroatoms. The summed E-state index contributed by atoms with van der Waals surface area (Å²) < 4.78 is 45.7. The molecule has 0 bridgehead atoms. The van der Waals surface area contributed by atoms with Gasteiger partial charge in [-0.3, -0.25) is 4.79 Å². The van der Waals surface area contributed by atoms with Crippen molar-refractivity contribution in [1.29, 1.82) is 0 Å². The van der Waals surface area contributed by atoms with Crippen LogP contribution in [-0.2, 0) is 19.9 Å².